The van der Waals surface area contributed by atoms with Crippen LogP contribution in [0.15, 0.2) is 0 Å². The van der Waals surface area contributed by atoms with E-state index in [9.17, 15) is 4.79 Å². The number of carbonyl (C=O) groups excluding carboxylic acids is 1. The van der Waals surface area contributed by atoms with Crippen LogP contribution in [0.5, 0.6) is 0 Å². The minimum atomic E-state index is 0. The van der Waals surface area contributed by atoms with E-state index in [-0.39, 0.29) is 18.4 Å². The van der Waals surface area contributed by atoms with Crippen LogP contribution in [-0.4, -0.2) is 85.6 Å². The van der Waals surface area contributed by atoms with Crippen molar-refractivity contribution in [2.24, 2.45) is 5.41 Å². The number of halogens is 1. The van der Waals surface area contributed by atoms with Crippen molar-refractivity contribution in [2.75, 3.05) is 58.9 Å². The molecule has 3 rings (SSSR count). The average molecular weight is 345 g/mol. The van der Waals surface area contributed by atoms with Gasteiger partial charge in [0.05, 0.1) is 6.04 Å². The molecule has 2 unspecified atom stereocenters. The summed E-state index contributed by atoms with van der Waals surface area (Å²) >= 11 is 0. The van der Waals surface area contributed by atoms with Crippen molar-refractivity contribution in [3.63, 3.8) is 0 Å². The highest BCUT2D eigenvalue weighted by atomic mass is 35.5. The summed E-state index contributed by atoms with van der Waals surface area (Å²) in [5, 5.41) is 3.49. The summed E-state index contributed by atoms with van der Waals surface area (Å²) in [6.45, 7) is 14.2. The lowest BCUT2D eigenvalue weighted by molar-refractivity contribution is -0.136. The lowest BCUT2D eigenvalue weighted by Crippen LogP contribution is -2.55. The summed E-state index contributed by atoms with van der Waals surface area (Å²) in [4.78, 5) is 19.6. The van der Waals surface area contributed by atoms with E-state index in [1.165, 1.54) is 25.8 Å². The van der Waals surface area contributed by atoms with Gasteiger partial charge in [0, 0.05) is 52.4 Å². The topological polar surface area (TPSA) is 38.8 Å². The van der Waals surface area contributed by atoms with E-state index in [1.807, 2.05) is 0 Å². The molecule has 0 radical (unpaired) electrons. The molecule has 5 nitrogen and oxygen atoms in total. The van der Waals surface area contributed by atoms with Crippen molar-refractivity contribution in [1.82, 2.24) is 20.0 Å². The number of nitrogens with one attached hydrogen (secondary N) is 1. The van der Waals surface area contributed by atoms with Crippen LogP contribution in [0.3, 0.4) is 0 Å². The molecule has 0 aromatic carbocycles. The van der Waals surface area contributed by atoms with E-state index in [1.54, 1.807) is 0 Å². The third-order valence-corrected chi connectivity index (χ3v) is 5.79. The smallest absolute Gasteiger partial charge is 0.239 e. The Morgan fingerprint density at radius 1 is 1.13 bits per heavy atom. The fraction of sp³-hybridized carbons (Fsp3) is 0.941. The van der Waals surface area contributed by atoms with Crippen LogP contribution in [-0.2, 0) is 4.79 Å². The fourth-order valence-electron chi connectivity index (χ4n) is 4.21. The molecule has 1 amide bonds. The maximum absolute atomic E-state index is 12.5. The summed E-state index contributed by atoms with van der Waals surface area (Å²) < 4.78 is 0. The summed E-state index contributed by atoms with van der Waals surface area (Å²) in [5.41, 5.74) is 0.444. The van der Waals surface area contributed by atoms with E-state index >= 15 is 0 Å². The van der Waals surface area contributed by atoms with E-state index in [2.05, 4.69) is 33.9 Å². The Kier molecular flexibility index (Phi) is 6.72. The zero-order valence-corrected chi connectivity index (χ0v) is 15.5. The van der Waals surface area contributed by atoms with Gasteiger partial charge in [0.1, 0.15) is 0 Å². The summed E-state index contributed by atoms with van der Waals surface area (Å²) in [7, 11) is 0. The normalized spacial score (nSPS) is 31.1. The molecular formula is C17H33ClN4O. The number of carbonyl (C=O) groups is 1. The minimum Gasteiger partial charge on any atom is -0.341 e. The molecule has 2 atom stereocenters. The summed E-state index contributed by atoms with van der Waals surface area (Å²) in [6.07, 6.45) is 3.65. The number of hydrogen-bond acceptors (Lipinski definition) is 4. The van der Waals surface area contributed by atoms with Gasteiger partial charge < -0.3 is 15.1 Å². The van der Waals surface area contributed by atoms with E-state index in [4.69, 9.17) is 0 Å². The molecule has 1 N–H and O–H groups in total. The first-order valence-corrected chi connectivity index (χ1v) is 9.03. The predicted molar refractivity (Wildman–Crippen MR) is 96.1 cm³/mol. The first-order valence-electron chi connectivity index (χ1n) is 9.03. The summed E-state index contributed by atoms with van der Waals surface area (Å²) in [6, 6.07) is 0.0592. The van der Waals surface area contributed by atoms with Crippen LogP contribution in [0, 0.1) is 5.41 Å². The van der Waals surface area contributed by atoms with Crippen molar-refractivity contribution in [2.45, 2.75) is 39.2 Å². The molecule has 0 bridgehead atoms. The molecule has 3 aliphatic heterocycles. The van der Waals surface area contributed by atoms with Gasteiger partial charge in [-0.3, -0.25) is 9.69 Å². The van der Waals surface area contributed by atoms with Crippen LogP contribution < -0.4 is 5.32 Å². The second kappa shape index (κ2) is 8.15. The van der Waals surface area contributed by atoms with Gasteiger partial charge in [-0.05, 0) is 38.1 Å². The number of likely N-dealkylation sites (tertiary alicyclic amines) is 1. The van der Waals surface area contributed by atoms with Gasteiger partial charge in [0.15, 0.2) is 0 Å². The van der Waals surface area contributed by atoms with Crippen molar-refractivity contribution in [3.8, 4) is 0 Å². The zero-order valence-electron chi connectivity index (χ0n) is 14.7. The van der Waals surface area contributed by atoms with Gasteiger partial charge in [0.25, 0.3) is 0 Å². The second-order valence-electron chi connectivity index (χ2n) is 7.76. The number of piperazine rings is 1. The molecule has 0 aromatic heterocycles. The number of amides is 1. The Morgan fingerprint density at radius 2 is 1.78 bits per heavy atom. The first-order chi connectivity index (χ1) is 10.6. The molecule has 0 saturated carbocycles. The molecule has 23 heavy (non-hydrogen) atoms. The van der Waals surface area contributed by atoms with Crippen LogP contribution in [0.25, 0.3) is 0 Å². The van der Waals surface area contributed by atoms with Crippen LogP contribution in [0.4, 0.5) is 0 Å². The number of nitrogens with zero attached hydrogens (tertiary/aromatic N) is 3. The highest BCUT2D eigenvalue weighted by Crippen LogP contribution is 2.26. The van der Waals surface area contributed by atoms with Gasteiger partial charge in [0.2, 0.25) is 5.91 Å². The van der Waals surface area contributed by atoms with Gasteiger partial charge >= 0.3 is 0 Å². The first kappa shape index (κ1) is 19.0. The summed E-state index contributed by atoms with van der Waals surface area (Å²) in [5.74, 6) is 0.345. The lowest BCUT2D eigenvalue weighted by atomic mass is 9.89. The highest BCUT2D eigenvalue weighted by molar-refractivity contribution is 5.85. The maximum atomic E-state index is 12.5. The molecule has 0 aliphatic carbocycles. The Bertz CT molecular complexity index is 386. The third kappa shape index (κ3) is 4.59. The lowest BCUT2D eigenvalue weighted by Gasteiger charge is -2.41. The molecule has 134 valence electrons. The predicted octanol–water partition coefficient (Wildman–Crippen LogP) is 1.04. The quantitative estimate of drug-likeness (QED) is 0.827. The maximum Gasteiger partial charge on any atom is 0.239 e. The number of hydrogen-bond donors (Lipinski definition) is 1. The Labute approximate surface area is 147 Å². The molecule has 0 aromatic rings. The van der Waals surface area contributed by atoms with Gasteiger partial charge in [-0.2, -0.15) is 0 Å². The van der Waals surface area contributed by atoms with Crippen molar-refractivity contribution >= 4 is 18.3 Å². The zero-order chi connectivity index (χ0) is 15.6. The highest BCUT2D eigenvalue weighted by Gasteiger charge is 2.34. The van der Waals surface area contributed by atoms with Crippen molar-refractivity contribution < 1.29 is 4.79 Å². The van der Waals surface area contributed by atoms with Gasteiger partial charge in [-0.15, -0.1) is 12.4 Å². The van der Waals surface area contributed by atoms with Gasteiger partial charge in [-0.25, -0.2) is 0 Å². The third-order valence-electron chi connectivity index (χ3n) is 5.79. The molecule has 3 saturated heterocycles. The van der Waals surface area contributed by atoms with Crippen molar-refractivity contribution in [1.29, 1.82) is 0 Å². The van der Waals surface area contributed by atoms with Crippen LogP contribution in [0.1, 0.15) is 33.1 Å². The molecular weight excluding hydrogens is 312 g/mol. The van der Waals surface area contributed by atoms with E-state index < -0.39 is 0 Å². The van der Waals surface area contributed by atoms with Crippen LogP contribution in [0.2, 0.25) is 0 Å². The van der Waals surface area contributed by atoms with E-state index in [0.29, 0.717) is 11.3 Å². The average Bonchev–Trinajstić information content (AvgIpc) is 3.18. The van der Waals surface area contributed by atoms with Gasteiger partial charge in [-0.1, -0.05) is 6.92 Å². The molecule has 0 spiro atoms. The molecule has 3 aliphatic rings. The van der Waals surface area contributed by atoms with Crippen molar-refractivity contribution in [3.05, 3.63) is 0 Å². The Hall–Kier alpha value is -0.360. The number of rotatable bonds is 4. The monoisotopic (exact) mass is 344 g/mol. The van der Waals surface area contributed by atoms with E-state index in [0.717, 1.165) is 52.4 Å². The second-order valence-corrected chi connectivity index (χ2v) is 7.76. The Morgan fingerprint density at radius 3 is 2.35 bits per heavy atom. The Balaban J connectivity index is 0.00000192. The molecule has 3 fully saturated rings. The molecule has 6 heteroatoms. The fourth-order valence-corrected chi connectivity index (χ4v) is 4.21. The SMILES string of the molecule is CC(C(=O)N1CCCC1)N1CCN(CC2(C)CCNC2)CC1.Cl. The van der Waals surface area contributed by atoms with Crippen LogP contribution >= 0.6 is 12.4 Å². The molecule has 3 heterocycles. The largest absolute Gasteiger partial charge is 0.341 e. The standard InChI is InChI=1S/C17H32N4O.ClH/c1-15(16(22)21-7-3-4-8-21)20-11-9-19(10-12-20)14-17(2)5-6-18-13-17;/h15,18H,3-14H2,1-2H3;1H. The minimum absolute atomic E-state index is 0.